The summed E-state index contributed by atoms with van der Waals surface area (Å²) in [6.45, 7) is 6.87. The van der Waals surface area contributed by atoms with E-state index in [2.05, 4.69) is 123 Å². The largest absolute Gasteiger partial charge is 0.319 e. The van der Waals surface area contributed by atoms with Gasteiger partial charge in [0.25, 0.3) is 0 Å². The summed E-state index contributed by atoms with van der Waals surface area (Å²) in [5, 5.41) is 0. The summed E-state index contributed by atoms with van der Waals surface area (Å²) in [6.07, 6.45) is 6.34. The number of benzene rings is 3. The van der Waals surface area contributed by atoms with Gasteiger partial charge in [0.1, 0.15) is 5.54 Å². The van der Waals surface area contributed by atoms with E-state index in [4.69, 9.17) is 4.98 Å². The summed E-state index contributed by atoms with van der Waals surface area (Å²) in [7, 11) is 0. The first-order valence-corrected chi connectivity index (χ1v) is 10.8. The molecule has 1 heterocycles. The number of rotatable bonds is 7. The highest BCUT2D eigenvalue weighted by molar-refractivity contribution is 5.50. The lowest BCUT2D eigenvalue weighted by molar-refractivity contribution is 0.345. The summed E-state index contributed by atoms with van der Waals surface area (Å²) in [6, 6.07) is 32.3. The van der Waals surface area contributed by atoms with Crippen molar-refractivity contribution in [2.24, 2.45) is 5.41 Å². The average molecular weight is 395 g/mol. The molecule has 4 aromatic rings. The molecule has 0 N–H and O–H groups in total. The minimum atomic E-state index is -0.481. The molecule has 0 amide bonds. The molecule has 2 heteroatoms. The van der Waals surface area contributed by atoms with Gasteiger partial charge in [-0.1, -0.05) is 118 Å². The summed E-state index contributed by atoms with van der Waals surface area (Å²) in [4.78, 5) is 4.85. The Morgan fingerprint density at radius 2 is 1.13 bits per heavy atom. The zero-order valence-electron chi connectivity index (χ0n) is 18.1. The van der Waals surface area contributed by atoms with Crippen LogP contribution in [-0.4, -0.2) is 9.55 Å². The first kappa shape index (κ1) is 20.2. The Kier molecular flexibility index (Phi) is 5.59. The van der Waals surface area contributed by atoms with Gasteiger partial charge in [-0.2, -0.15) is 0 Å². The number of hydrogen-bond donors (Lipinski definition) is 0. The van der Waals surface area contributed by atoms with E-state index in [1.54, 1.807) is 0 Å². The van der Waals surface area contributed by atoms with Gasteiger partial charge in [0, 0.05) is 6.20 Å². The van der Waals surface area contributed by atoms with Crippen molar-refractivity contribution in [3.8, 4) is 0 Å². The average Bonchev–Trinajstić information content (AvgIpc) is 3.24. The maximum atomic E-state index is 4.85. The Morgan fingerprint density at radius 3 is 1.53 bits per heavy atom. The van der Waals surface area contributed by atoms with E-state index in [9.17, 15) is 0 Å². The lowest BCUT2D eigenvalue weighted by atomic mass is 9.76. The summed E-state index contributed by atoms with van der Waals surface area (Å²) >= 11 is 0. The van der Waals surface area contributed by atoms with Crippen LogP contribution in [0.1, 0.15) is 49.6 Å². The van der Waals surface area contributed by atoms with Crippen LogP contribution >= 0.6 is 0 Å². The van der Waals surface area contributed by atoms with Crippen LogP contribution < -0.4 is 0 Å². The van der Waals surface area contributed by atoms with Crippen LogP contribution in [-0.2, 0) is 12.0 Å². The fourth-order valence-electron chi connectivity index (χ4n) is 4.24. The first-order chi connectivity index (χ1) is 14.6. The molecule has 0 spiro atoms. The van der Waals surface area contributed by atoms with Crippen LogP contribution in [0.5, 0.6) is 0 Å². The lowest BCUT2D eigenvalue weighted by Crippen LogP contribution is -2.37. The van der Waals surface area contributed by atoms with Crippen molar-refractivity contribution in [1.82, 2.24) is 9.55 Å². The van der Waals surface area contributed by atoms with Crippen molar-refractivity contribution in [2.75, 3.05) is 0 Å². The molecular weight excluding hydrogens is 364 g/mol. The highest BCUT2D eigenvalue weighted by Gasteiger charge is 2.38. The maximum Gasteiger partial charge on any atom is 0.121 e. The minimum Gasteiger partial charge on any atom is -0.319 e. The van der Waals surface area contributed by atoms with Gasteiger partial charge in [-0.25, -0.2) is 4.98 Å². The molecule has 0 atom stereocenters. The smallest absolute Gasteiger partial charge is 0.121 e. The highest BCUT2D eigenvalue weighted by Crippen LogP contribution is 2.41. The van der Waals surface area contributed by atoms with Crippen molar-refractivity contribution in [2.45, 2.75) is 39.2 Å². The van der Waals surface area contributed by atoms with Crippen LogP contribution in [0.3, 0.4) is 0 Å². The topological polar surface area (TPSA) is 17.8 Å². The highest BCUT2D eigenvalue weighted by atomic mass is 15.1. The molecule has 4 rings (SSSR count). The third kappa shape index (κ3) is 3.70. The van der Waals surface area contributed by atoms with E-state index in [0.717, 1.165) is 18.5 Å². The van der Waals surface area contributed by atoms with E-state index in [0.29, 0.717) is 0 Å². The second kappa shape index (κ2) is 8.31. The van der Waals surface area contributed by atoms with Gasteiger partial charge in [0.05, 0.1) is 12.0 Å². The molecule has 0 aliphatic carbocycles. The summed E-state index contributed by atoms with van der Waals surface area (Å²) in [5.41, 5.74) is 4.55. The van der Waals surface area contributed by atoms with Gasteiger partial charge in [-0.05, 0) is 28.5 Å². The van der Waals surface area contributed by atoms with Gasteiger partial charge in [-0.3, -0.25) is 0 Å². The van der Waals surface area contributed by atoms with Gasteiger partial charge in [-0.15, -0.1) is 0 Å². The van der Waals surface area contributed by atoms with Crippen LogP contribution in [0.4, 0.5) is 0 Å². The Bertz CT molecular complexity index is 967. The van der Waals surface area contributed by atoms with Gasteiger partial charge < -0.3 is 4.57 Å². The second-order valence-corrected chi connectivity index (χ2v) is 8.78. The zero-order chi connectivity index (χ0) is 21.0. The molecule has 2 nitrogen and oxygen atoms in total. The molecule has 152 valence electrons. The van der Waals surface area contributed by atoms with E-state index >= 15 is 0 Å². The molecule has 0 saturated heterocycles. The molecule has 0 unspecified atom stereocenters. The van der Waals surface area contributed by atoms with Crippen molar-refractivity contribution in [1.29, 1.82) is 0 Å². The molecular formula is C28H30N2. The molecule has 0 saturated carbocycles. The Hall–Kier alpha value is -3.13. The Morgan fingerprint density at radius 1 is 0.700 bits per heavy atom. The summed E-state index contributed by atoms with van der Waals surface area (Å²) in [5.74, 6) is 0. The summed E-state index contributed by atoms with van der Waals surface area (Å²) < 4.78 is 2.30. The maximum absolute atomic E-state index is 4.85. The molecule has 0 aliphatic rings. The predicted molar refractivity (Wildman–Crippen MR) is 125 cm³/mol. The fourth-order valence-corrected chi connectivity index (χ4v) is 4.24. The molecule has 3 aromatic carbocycles. The second-order valence-electron chi connectivity index (χ2n) is 8.78. The fraction of sp³-hybridized carbons (Fsp3) is 0.250. The van der Waals surface area contributed by atoms with Crippen LogP contribution in [0.2, 0.25) is 0 Å². The Balaban J connectivity index is 1.98. The lowest BCUT2D eigenvalue weighted by Gasteiger charge is -2.37. The Labute approximate surface area is 180 Å². The molecule has 0 aliphatic heterocycles. The zero-order valence-corrected chi connectivity index (χ0v) is 18.1. The molecule has 1 aromatic heterocycles. The minimum absolute atomic E-state index is 0.230. The number of hydrogen-bond acceptors (Lipinski definition) is 1. The van der Waals surface area contributed by atoms with Crippen molar-refractivity contribution in [3.05, 3.63) is 126 Å². The monoisotopic (exact) mass is 394 g/mol. The van der Waals surface area contributed by atoms with E-state index in [1.165, 1.54) is 16.7 Å². The number of imidazole rings is 1. The SMILES string of the molecule is CCC(C)(C)Cc1cn(C(c2ccccc2)(c2ccccc2)c2ccccc2)cn1. The van der Waals surface area contributed by atoms with Gasteiger partial charge >= 0.3 is 0 Å². The quantitative estimate of drug-likeness (QED) is 0.319. The molecule has 30 heavy (non-hydrogen) atoms. The number of nitrogens with zero attached hydrogens (tertiary/aromatic N) is 2. The predicted octanol–water partition coefficient (Wildman–Crippen LogP) is 6.70. The number of aromatic nitrogens is 2. The third-order valence-corrected chi connectivity index (χ3v) is 6.21. The molecule has 0 bridgehead atoms. The van der Waals surface area contributed by atoms with Crippen molar-refractivity contribution >= 4 is 0 Å². The molecule has 0 fully saturated rings. The van der Waals surface area contributed by atoms with Gasteiger partial charge in [0.2, 0.25) is 0 Å². The van der Waals surface area contributed by atoms with Crippen LogP contribution in [0, 0.1) is 5.41 Å². The van der Waals surface area contributed by atoms with Crippen LogP contribution in [0.25, 0.3) is 0 Å². The van der Waals surface area contributed by atoms with Crippen molar-refractivity contribution in [3.63, 3.8) is 0 Å². The van der Waals surface area contributed by atoms with Crippen molar-refractivity contribution < 1.29 is 0 Å². The molecule has 0 radical (unpaired) electrons. The van der Waals surface area contributed by atoms with E-state index in [-0.39, 0.29) is 5.41 Å². The van der Waals surface area contributed by atoms with E-state index < -0.39 is 5.54 Å². The van der Waals surface area contributed by atoms with E-state index in [1.807, 2.05) is 6.33 Å². The van der Waals surface area contributed by atoms with Gasteiger partial charge in [0.15, 0.2) is 0 Å². The third-order valence-electron chi connectivity index (χ3n) is 6.21. The van der Waals surface area contributed by atoms with Crippen LogP contribution in [0.15, 0.2) is 104 Å². The normalized spacial score (nSPS) is 12.1. The first-order valence-electron chi connectivity index (χ1n) is 10.8. The standard InChI is InChI=1S/C28H30N2/c1-4-27(2,3)20-26-21-30(22-29-26)28(23-14-8-5-9-15-23,24-16-10-6-11-17-24)25-18-12-7-13-19-25/h5-19,21-22H,4,20H2,1-3H3.